The first-order valence-electron chi connectivity index (χ1n) is 7.51. The minimum Gasteiger partial charge on any atom is -0.492 e. The number of hydrogen-bond acceptors (Lipinski definition) is 3. The van der Waals surface area contributed by atoms with Crippen molar-refractivity contribution < 1.29 is 9.53 Å². The Labute approximate surface area is 130 Å². The highest BCUT2D eigenvalue weighted by Gasteiger charge is 2.26. The molecule has 2 heterocycles. The third-order valence-electron chi connectivity index (χ3n) is 4.02. The Balaban J connectivity index is 1.77. The summed E-state index contributed by atoms with van der Waals surface area (Å²) < 4.78 is 5.70. The van der Waals surface area contributed by atoms with E-state index in [0.29, 0.717) is 13.0 Å². The van der Waals surface area contributed by atoms with E-state index >= 15 is 0 Å². The predicted octanol–water partition coefficient (Wildman–Crippen LogP) is 3.20. The topological polar surface area (TPSA) is 51.2 Å². The zero-order chi connectivity index (χ0) is 15.7. The number of pyridine rings is 1. The summed E-state index contributed by atoms with van der Waals surface area (Å²) in [5.41, 5.74) is 4.75. The van der Waals surface area contributed by atoms with Gasteiger partial charge in [0.1, 0.15) is 12.4 Å². The largest absolute Gasteiger partial charge is 0.492 e. The van der Waals surface area contributed by atoms with Gasteiger partial charge >= 0.3 is 0 Å². The van der Waals surface area contributed by atoms with Gasteiger partial charge in [-0.15, -0.1) is 0 Å². The molecule has 1 aromatic carbocycles. The highest BCUT2D eigenvalue weighted by atomic mass is 16.5. The molecule has 1 amide bonds. The second-order valence-corrected chi connectivity index (χ2v) is 5.85. The lowest BCUT2D eigenvalue weighted by Gasteiger charge is -2.25. The fourth-order valence-electron chi connectivity index (χ4n) is 2.93. The van der Waals surface area contributed by atoms with Gasteiger partial charge in [0.2, 0.25) is 5.91 Å². The molecule has 0 aliphatic carbocycles. The van der Waals surface area contributed by atoms with Gasteiger partial charge in [0.05, 0.1) is 17.3 Å². The van der Waals surface area contributed by atoms with Crippen molar-refractivity contribution in [3.8, 4) is 5.75 Å². The van der Waals surface area contributed by atoms with E-state index < -0.39 is 0 Å². The fourth-order valence-corrected chi connectivity index (χ4v) is 2.93. The van der Waals surface area contributed by atoms with Crippen LogP contribution in [0.5, 0.6) is 5.75 Å². The molecular formula is C18H20N2O2. The first-order chi connectivity index (χ1) is 10.5. The first kappa shape index (κ1) is 14.6. The molecule has 0 saturated heterocycles. The summed E-state index contributed by atoms with van der Waals surface area (Å²) in [5, 5.41) is 3.02. The smallest absolute Gasteiger partial charge is 0.231 e. The minimum absolute atomic E-state index is 0.00800. The van der Waals surface area contributed by atoms with Gasteiger partial charge in [0.25, 0.3) is 0 Å². The number of rotatable bonds is 2. The van der Waals surface area contributed by atoms with Crippen LogP contribution in [0.4, 0.5) is 5.69 Å². The van der Waals surface area contributed by atoms with Gasteiger partial charge in [-0.3, -0.25) is 9.78 Å². The molecule has 0 fully saturated rings. The molecule has 1 unspecified atom stereocenters. The summed E-state index contributed by atoms with van der Waals surface area (Å²) in [6.45, 7) is 6.28. The number of aromatic nitrogens is 1. The zero-order valence-electron chi connectivity index (χ0n) is 13.1. The molecule has 4 heteroatoms. The quantitative estimate of drug-likeness (QED) is 0.926. The number of amides is 1. The van der Waals surface area contributed by atoms with Crippen LogP contribution in [0.1, 0.15) is 22.5 Å². The van der Waals surface area contributed by atoms with Crippen molar-refractivity contribution in [2.45, 2.75) is 27.2 Å². The van der Waals surface area contributed by atoms with Gasteiger partial charge in [0, 0.05) is 5.69 Å². The van der Waals surface area contributed by atoms with Crippen molar-refractivity contribution in [3.63, 3.8) is 0 Å². The average molecular weight is 296 g/mol. The van der Waals surface area contributed by atoms with Crippen LogP contribution in [0.2, 0.25) is 0 Å². The Bertz CT molecular complexity index is 702. The monoisotopic (exact) mass is 296 g/mol. The number of benzene rings is 1. The summed E-state index contributed by atoms with van der Waals surface area (Å²) >= 11 is 0. The number of nitrogens with zero attached hydrogens (tertiary/aromatic N) is 1. The van der Waals surface area contributed by atoms with Crippen LogP contribution in [0.15, 0.2) is 30.3 Å². The van der Waals surface area contributed by atoms with Gasteiger partial charge in [-0.25, -0.2) is 0 Å². The standard InChI is InChI=1S/C18H20N2O2/c1-11-8-12(2)19-13(3)17(11)20-18(21)15-9-14-6-4-5-7-16(14)22-10-15/h4-8,15H,9-10H2,1-3H3,(H,20,21). The Hall–Kier alpha value is -2.36. The molecular weight excluding hydrogens is 276 g/mol. The summed E-state index contributed by atoms with van der Waals surface area (Å²) in [4.78, 5) is 17.0. The molecule has 0 spiro atoms. The van der Waals surface area contributed by atoms with Crippen LogP contribution in [0.25, 0.3) is 0 Å². The minimum atomic E-state index is -0.171. The third-order valence-corrected chi connectivity index (χ3v) is 4.02. The SMILES string of the molecule is Cc1cc(C)c(NC(=O)C2COc3ccccc3C2)c(C)n1. The summed E-state index contributed by atoms with van der Waals surface area (Å²) in [6.07, 6.45) is 0.708. The number of nitrogens with one attached hydrogen (secondary N) is 1. The van der Waals surface area contributed by atoms with E-state index in [1.54, 1.807) is 0 Å². The number of aryl methyl sites for hydroxylation is 3. The molecule has 4 nitrogen and oxygen atoms in total. The number of carbonyl (C=O) groups is 1. The molecule has 0 radical (unpaired) electrons. The number of ether oxygens (including phenoxy) is 1. The van der Waals surface area contributed by atoms with Crippen LogP contribution in [-0.4, -0.2) is 17.5 Å². The van der Waals surface area contributed by atoms with Crippen molar-refractivity contribution in [1.82, 2.24) is 4.98 Å². The number of hydrogen-bond donors (Lipinski definition) is 1. The molecule has 1 aliphatic rings. The number of fused-ring (bicyclic) bond motifs is 1. The maximum absolute atomic E-state index is 12.5. The maximum atomic E-state index is 12.5. The van der Waals surface area contributed by atoms with Crippen molar-refractivity contribution >= 4 is 11.6 Å². The van der Waals surface area contributed by atoms with Crippen LogP contribution < -0.4 is 10.1 Å². The van der Waals surface area contributed by atoms with Crippen LogP contribution in [-0.2, 0) is 11.2 Å². The molecule has 3 rings (SSSR count). The normalized spacial score (nSPS) is 16.6. The summed E-state index contributed by atoms with van der Waals surface area (Å²) in [5.74, 6) is 0.706. The van der Waals surface area contributed by atoms with E-state index in [2.05, 4.69) is 10.3 Å². The highest BCUT2D eigenvalue weighted by Crippen LogP contribution is 2.28. The molecule has 1 N–H and O–H groups in total. The van der Waals surface area contributed by atoms with Crippen molar-refractivity contribution in [3.05, 3.63) is 52.8 Å². The molecule has 114 valence electrons. The van der Waals surface area contributed by atoms with Gasteiger partial charge in [-0.1, -0.05) is 18.2 Å². The Morgan fingerprint density at radius 3 is 2.82 bits per heavy atom. The first-order valence-corrected chi connectivity index (χ1v) is 7.51. The number of carbonyl (C=O) groups excluding carboxylic acids is 1. The zero-order valence-corrected chi connectivity index (χ0v) is 13.1. The molecule has 1 aromatic heterocycles. The van der Waals surface area contributed by atoms with Gasteiger partial charge < -0.3 is 10.1 Å². The molecule has 22 heavy (non-hydrogen) atoms. The third kappa shape index (κ3) is 2.82. The lowest BCUT2D eigenvalue weighted by molar-refractivity contribution is -0.121. The second-order valence-electron chi connectivity index (χ2n) is 5.85. The maximum Gasteiger partial charge on any atom is 0.231 e. The Morgan fingerprint density at radius 2 is 2.05 bits per heavy atom. The van der Waals surface area contributed by atoms with E-state index in [0.717, 1.165) is 34.0 Å². The highest BCUT2D eigenvalue weighted by molar-refractivity contribution is 5.94. The summed E-state index contributed by atoms with van der Waals surface area (Å²) in [6, 6.07) is 9.86. The van der Waals surface area contributed by atoms with Crippen molar-refractivity contribution in [2.75, 3.05) is 11.9 Å². The fraction of sp³-hybridized carbons (Fsp3) is 0.333. The van der Waals surface area contributed by atoms with Crippen molar-refractivity contribution in [1.29, 1.82) is 0 Å². The molecule has 1 aliphatic heterocycles. The second kappa shape index (κ2) is 5.79. The Kier molecular flexibility index (Phi) is 3.84. The van der Waals surface area contributed by atoms with Crippen LogP contribution in [0.3, 0.4) is 0 Å². The predicted molar refractivity (Wildman–Crippen MR) is 86.2 cm³/mol. The van der Waals surface area contributed by atoms with Gasteiger partial charge in [-0.2, -0.15) is 0 Å². The number of anilines is 1. The molecule has 1 atom stereocenters. The van der Waals surface area contributed by atoms with E-state index in [4.69, 9.17) is 4.74 Å². The summed E-state index contributed by atoms with van der Waals surface area (Å²) in [7, 11) is 0. The van der Waals surface area contributed by atoms with Crippen LogP contribution in [0, 0.1) is 26.7 Å². The molecule has 2 aromatic rings. The van der Waals surface area contributed by atoms with Gasteiger partial charge in [0.15, 0.2) is 0 Å². The van der Waals surface area contributed by atoms with Gasteiger partial charge in [-0.05, 0) is 50.5 Å². The van der Waals surface area contributed by atoms with E-state index in [1.165, 1.54) is 0 Å². The van der Waals surface area contributed by atoms with E-state index in [9.17, 15) is 4.79 Å². The molecule has 0 bridgehead atoms. The van der Waals surface area contributed by atoms with Crippen LogP contribution >= 0.6 is 0 Å². The lowest BCUT2D eigenvalue weighted by atomic mass is 9.96. The number of para-hydroxylation sites is 1. The average Bonchev–Trinajstić information content (AvgIpc) is 2.50. The van der Waals surface area contributed by atoms with E-state index in [1.807, 2.05) is 51.1 Å². The van der Waals surface area contributed by atoms with E-state index in [-0.39, 0.29) is 11.8 Å². The molecule has 0 saturated carbocycles. The lowest BCUT2D eigenvalue weighted by Crippen LogP contribution is -2.33. The van der Waals surface area contributed by atoms with Crippen molar-refractivity contribution in [2.24, 2.45) is 5.92 Å². The Morgan fingerprint density at radius 1 is 1.27 bits per heavy atom.